The minimum atomic E-state index is -0.519. The molecule has 0 aliphatic heterocycles. The SMILES string of the molecule is Cc1cc(C)cc(NC(=O)COC(=O)c2c3c(nc4ccccc24)/C(=C\c2ccco2)CCC3)c1. The van der Waals surface area contributed by atoms with E-state index in [-0.39, 0.29) is 12.5 Å². The number of fused-ring (bicyclic) bond motifs is 2. The van der Waals surface area contributed by atoms with Gasteiger partial charge in [0.2, 0.25) is 0 Å². The Balaban J connectivity index is 1.44. The molecule has 0 unspecified atom stereocenters. The molecule has 2 heterocycles. The van der Waals surface area contributed by atoms with Crippen LogP contribution in [0.1, 0.15) is 51.3 Å². The Hall–Kier alpha value is -4.19. The first-order valence-electron chi connectivity index (χ1n) is 11.7. The summed E-state index contributed by atoms with van der Waals surface area (Å²) in [6.45, 7) is 3.57. The number of carbonyl (C=O) groups is 2. The highest BCUT2D eigenvalue weighted by Crippen LogP contribution is 2.36. The number of nitrogens with one attached hydrogen (secondary N) is 1. The van der Waals surface area contributed by atoms with Crippen molar-refractivity contribution in [3.8, 4) is 0 Å². The lowest BCUT2D eigenvalue weighted by molar-refractivity contribution is -0.119. The lowest BCUT2D eigenvalue weighted by atomic mass is 9.86. The topological polar surface area (TPSA) is 81.4 Å². The maximum Gasteiger partial charge on any atom is 0.339 e. The number of aryl methyl sites for hydroxylation is 2. The minimum Gasteiger partial charge on any atom is -0.465 e. The Morgan fingerprint density at radius 3 is 2.63 bits per heavy atom. The first kappa shape index (κ1) is 22.6. The van der Waals surface area contributed by atoms with Gasteiger partial charge in [-0.25, -0.2) is 9.78 Å². The van der Waals surface area contributed by atoms with Crippen molar-refractivity contribution in [2.75, 3.05) is 11.9 Å². The van der Waals surface area contributed by atoms with Crippen LogP contribution in [-0.4, -0.2) is 23.5 Å². The van der Waals surface area contributed by atoms with E-state index >= 15 is 0 Å². The molecule has 1 aliphatic rings. The fourth-order valence-corrected chi connectivity index (χ4v) is 4.70. The largest absolute Gasteiger partial charge is 0.465 e. The molecule has 6 nitrogen and oxygen atoms in total. The minimum absolute atomic E-state index is 0.369. The molecule has 4 aromatic rings. The van der Waals surface area contributed by atoms with Crippen molar-refractivity contribution < 1.29 is 18.7 Å². The highest BCUT2D eigenvalue weighted by atomic mass is 16.5. The number of esters is 1. The number of allylic oxidation sites excluding steroid dienone is 1. The summed E-state index contributed by atoms with van der Waals surface area (Å²) in [5.41, 5.74) is 6.64. The van der Waals surface area contributed by atoms with E-state index in [1.54, 1.807) is 6.26 Å². The van der Waals surface area contributed by atoms with Crippen LogP contribution in [0.3, 0.4) is 0 Å². The fraction of sp³-hybridized carbons (Fsp3) is 0.207. The summed E-state index contributed by atoms with van der Waals surface area (Å²) in [4.78, 5) is 30.8. The first-order chi connectivity index (χ1) is 17.0. The molecule has 1 N–H and O–H groups in total. The van der Waals surface area contributed by atoms with Gasteiger partial charge < -0.3 is 14.5 Å². The summed E-state index contributed by atoms with van der Waals surface area (Å²) < 4.78 is 11.0. The number of ether oxygens (including phenoxy) is 1. The molecule has 0 saturated heterocycles. The van der Waals surface area contributed by atoms with E-state index < -0.39 is 5.97 Å². The monoisotopic (exact) mass is 466 g/mol. The van der Waals surface area contributed by atoms with Gasteiger partial charge in [-0.2, -0.15) is 0 Å². The highest BCUT2D eigenvalue weighted by molar-refractivity contribution is 6.07. The molecule has 1 aliphatic carbocycles. The van der Waals surface area contributed by atoms with Crippen molar-refractivity contribution in [3.63, 3.8) is 0 Å². The third kappa shape index (κ3) is 4.87. The molecule has 0 fully saturated rings. The van der Waals surface area contributed by atoms with Gasteiger partial charge >= 0.3 is 5.97 Å². The summed E-state index contributed by atoms with van der Waals surface area (Å²) in [6, 6.07) is 17.1. The molecule has 35 heavy (non-hydrogen) atoms. The van der Waals surface area contributed by atoms with Crippen molar-refractivity contribution in [1.29, 1.82) is 0 Å². The molecule has 0 saturated carbocycles. The van der Waals surface area contributed by atoms with Gasteiger partial charge in [0, 0.05) is 11.1 Å². The Morgan fingerprint density at radius 2 is 1.86 bits per heavy atom. The van der Waals surface area contributed by atoms with Gasteiger partial charge in [-0.3, -0.25) is 4.79 Å². The summed E-state index contributed by atoms with van der Waals surface area (Å²) in [7, 11) is 0. The van der Waals surface area contributed by atoms with Crippen LogP contribution in [-0.2, 0) is 16.0 Å². The number of carbonyl (C=O) groups excluding carboxylic acids is 2. The maximum absolute atomic E-state index is 13.4. The zero-order valence-electron chi connectivity index (χ0n) is 19.8. The fourth-order valence-electron chi connectivity index (χ4n) is 4.70. The second-order valence-electron chi connectivity index (χ2n) is 8.87. The van der Waals surface area contributed by atoms with Crippen LogP contribution in [0.2, 0.25) is 0 Å². The quantitative estimate of drug-likeness (QED) is 0.359. The number of para-hydroxylation sites is 1. The van der Waals surface area contributed by atoms with Gasteiger partial charge in [-0.05, 0) is 91.8 Å². The number of hydrogen-bond donors (Lipinski definition) is 1. The van der Waals surface area contributed by atoms with E-state index in [9.17, 15) is 9.59 Å². The van der Waals surface area contributed by atoms with E-state index in [0.29, 0.717) is 23.2 Å². The molecule has 5 rings (SSSR count). The van der Waals surface area contributed by atoms with Crippen LogP contribution in [0, 0.1) is 13.8 Å². The van der Waals surface area contributed by atoms with Crippen molar-refractivity contribution >= 4 is 40.1 Å². The Labute approximate surface area is 203 Å². The maximum atomic E-state index is 13.4. The number of anilines is 1. The molecular weight excluding hydrogens is 440 g/mol. The molecular formula is C29H26N2O4. The molecule has 0 spiro atoms. The van der Waals surface area contributed by atoms with E-state index in [1.807, 2.05) is 74.5 Å². The zero-order valence-corrected chi connectivity index (χ0v) is 19.8. The standard InChI is InChI=1S/C29H26N2O4/c1-18-13-19(2)15-21(14-18)30-26(32)17-35-29(33)27-23-9-3-4-11-25(23)31-28-20(7-5-10-24(27)28)16-22-8-6-12-34-22/h3-4,6,8-9,11-16H,5,7,10,17H2,1-2H3,(H,30,32)/b20-16-. The molecule has 0 atom stereocenters. The number of nitrogens with zero attached hydrogens (tertiary/aromatic N) is 1. The van der Waals surface area contributed by atoms with Gasteiger partial charge in [0.05, 0.1) is 23.0 Å². The Kier molecular flexibility index (Phi) is 6.19. The first-order valence-corrected chi connectivity index (χ1v) is 11.7. The molecule has 2 aromatic carbocycles. The second kappa shape index (κ2) is 9.58. The molecule has 1 amide bonds. The summed E-state index contributed by atoms with van der Waals surface area (Å²) in [5.74, 6) is -0.154. The summed E-state index contributed by atoms with van der Waals surface area (Å²) >= 11 is 0. The molecule has 6 heteroatoms. The number of pyridine rings is 1. The molecule has 2 aromatic heterocycles. The van der Waals surface area contributed by atoms with Crippen LogP contribution in [0.15, 0.2) is 65.3 Å². The predicted octanol–water partition coefficient (Wildman–Crippen LogP) is 6.12. The van der Waals surface area contributed by atoms with Crippen molar-refractivity contribution in [1.82, 2.24) is 4.98 Å². The predicted molar refractivity (Wildman–Crippen MR) is 136 cm³/mol. The lowest BCUT2D eigenvalue weighted by Gasteiger charge is -2.22. The second-order valence-corrected chi connectivity index (χ2v) is 8.87. The van der Waals surface area contributed by atoms with Crippen LogP contribution < -0.4 is 5.32 Å². The number of rotatable bonds is 5. The van der Waals surface area contributed by atoms with Crippen molar-refractivity contribution in [2.45, 2.75) is 33.1 Å². The van der Waals surface area contributed by atoms with Crippen molar-refractivity contribution in [3.05, 3.63) is 94.6 Å². The summed E-state index contributed by atoms with van der Waals surface area (Å²) in [5, 5.41) is 3.54. The van der Waals surface area contributed by atoms with Gasteiger partial charge in [-0.1, -0.05) is 24.3 Å². The smallest absolute Gasteiger partial charge is 0.339 e. The van der Waals surface area contributed by atoms with Gasteiger partial charge in [0.1, 0.15) is 5.76 Å². The molecule has 0 bridgehead atoms. The number of amides is 1. The number of benzene rings is 2. The van der Waals surface area contributed by atoms with Crippen LogP contribution >= 0.6 is 0 Å². The number of hydrogen-bond acceptors (Lipinski definition) is 5. The van der Waals surface area contributed by atoms with Gasteiger partial charge in [-0.15, -0.1) is 0 Å². The third-order valence-electron chi connectivity index (χ3n) is 6.07. The number of aromatic nitrogens is 1. The van der Waals surface area contributed by atoms with Crippen LogP contribution in [0.4, 0.5) is 5.69 Å². The Bertz CT molecular complexity index is 1430. The number of furan rings is 1. The van der Waals surface area contributed by atoms with Gasteiger partial charge in [0.15, 0.2) is 6.61 Å². The lowest BCUT2D eigenvalue weighted by Crippen LogP contribution is -2.22. The van der Waals surface area contributed by atoms with E-state index in [1.165, 1.54) is 0 Å². The zero-order chi connectivity index (χ0) is 24.4. The third-order valence-corrected chi connectivity index (χ3v) is 6.07. The van der Waals surface area contributed by atoms with E-state index in [0.717, 1.165) is 51.9 Å². The van der Waals surface area contributed by atoms with E-state index in [4.69, 9.17) is 14.1 Å². The summed E-state index contributed by atoms with van der Waals surface area (Å²) in [6.07, 6.45) is 6.04. The normalized spacial score (nSPS) is 14.1. The highest BCUT2D eigenvalue weighted by Gasteiger charge is 2.26. The molecule has 0 radical (unpaired) electrons. The van der Waals surface area contributed by atoms with Crippen LogP contribution in [0.25, 0.3) is 22.6 Å². The van der Waals surface area contributed by atoms with Crippen LogP contribution in [0.5, 0.6) is 0 Å². The average Bonchev–Trinajstić information content (AvgIpc) is 3.34. The van der Waals surface area contributed by atoms with E-state index in [2.05, 4.69) is 5.32 Å². The molecule has 176 valence electrons. The average molecular weight is 467 g/mol. The van der Waals surface area contributed by atoms with Crippen molar-refractivity contribution in [2.24, 2.45) is 0 Å². The Morgan fingerprint density at radius 1 is 1.06 bits per heavy atom. The van der Waals surface area contributed by atoms with Gasteiger partial charge in [0.25, 0.3) is 5.91 Å².